The maximum atomic E-state index is 5.05. The highest BCUT2D eigenvalue weighted by Gasteiger charge is 2.04. The molecule has 0 saturated heterocycles. The molecule has 0 unspecified atom stereocenters. The molecule has 1 aromatic heterocycles. The molecule has 0 amide bonds. The van der Waals surface area contributed by atoms with E-state index in [4.69, 9.17) is 4.52 Å². The Bertz CT molecular complexity index is 270. The van der Waals surface area contributed by atoms with Crippen molar-refractivity contribution in [3.63, 3.8) is 0 Å². The summed E-state index contributed by atoms with van der Waals surface area (Å²) in [5.74, 6) is 1.46. The van der Waals surface area contributed by atoms with E-state index >= 15 is 0 Å². The third-order valence-electron chi connectivity index (χ3n) is 1.83. The average molecular weight is 195 g/mol. The second kappa shape index (κ2) is 6.32. The van der Waals surface area contributed by atoms with Crippen molar-refractivity contribution in [2.24, 2.45) is 0 Å². The highest BCUT2D eigenvalue weighted by atomic mass is 16.5. The van der Waals surface area contributed by atoms with E-state index in [9.17, 15) is 0 Å². The number of nitrogens with one attached hydrogen (secondary N) is 1. The molecular weight excluding hydrogens is 178 g/mol. The first-order chi connectivity index (χ1) is 6.86. The van der Waals surface area contributed by atoms with E-state index in [1.165, 1.54) is 0 Å². The number of aryl methyl sites for hydroxylation is 1. The van der Waals surface area contributed by atoms with Crippen LogP contribution >= 0.6 is 0 Å². The van der Waals surface area contributed by atoms with Crippen molar-refractivity contribution in [3.05, 3.63) is 24.4 Å². The minimum Gasteiger partial charge on any atom is -0.338 e. The van der Waals surface area contributed by atoms with Crippen molar-refractivity contribution < 1.29 is 4.52 Å². The minimum atomic E-state index is 0.616. The first-order valence-corrected chi connectivity index (χ1v) is 5.00. The molecule has 1 heterocycles. The lowest BCUT2D eigenvalue weighted by molar-refractivity contribution is 0.365. The molecule has 14 heavy (non-hydrogen) atoms. The number of hydrogen-bond donors (Lipinski definition) is 1. The van der Waals surface area contributed by atoms with Crippen molar-refractivity contribution in [2.45, 2.75) is 32.7 Å². The van der Waals surface area contributed by atoms with Crippen LogP contribution in [-0.2, 0) is 13.0 Å². The molecule has 0 bridgehead atoms. The Morgan fingerprint density at radius 2 is 2.43 bits per heavy atom. The molecule has 4 heteroatoms. The van der Waals surface area contributed by atoms with E-state index in [1.54, 1.807) is 6.08 Å². The van der Waals surface area contributed by atoms with Crippen LogP contribution in [0.2, 0.25) is 0 Å². The van der Waals surface area contributed by atoms with Crippen molar-refractivity contribution in [1.29, 1.82) is 0 Å². The number of unbranched alkanes of at least 4 members (excludes halogenated alkanes) is 1. The monoisotopic (exact) mass is 195 g/mol. The fourth-order valence-electron chi connectivity index (χ4n) is 1.08. The van der Waals surface area contributed by atoms with Gasteiger partial charge in [0.1, 0.15) is 0 Å². The number of nitrogens with zero attached hydrogens (tertiary/aromatic N) is 2. The second-order valence-corrected chi connectivity index (χ2v) is 3.13. The lowest BCUT2D eigenvalue weighted by Gasteiger charge is -1.93. The van der Waals surface area contributed by atoms with Gasteiger partial charge in [0.25, 0.3) is 0 Å². The Balaban J connectivity index is 2.31. The van der Waals surface area contributed by atoms with Crippen molar-refractivity contribution in [2.75, 3.05) is 6.54 Å². The maximum absolute atomic E-state index is 5.05. The van der Waals surface area contributed by atoms with Crippen LogP contribution in [0.5, 0.6) is 0 Å². The van der Waals surface area contributed by atoms with E-state index in [0.717, 1.165) is 31.6 Å². The van der Waals surface area contributed by atoms with Crippen molar-refractivity contribution in [1.82, 2.24) is 15.5 Å². The first kappa shape index (κ1) is 10.9. The average Bonchev–Trinajstić information content (AvgIpc) is 2.63. The number of hydrogen-bond acceptors (Lipinski definition) is 4. The largest absolute Gasteiger partial charge is 0.338 e. The summed E-state index contributed by atoms with van der Waals surface area (Å²) in [4.78, 5) is 4.24. The van der Waals surface area contributed by atoms with Gasteiger partial charge in [-0.15, -0.1) is 6.58 Å². The summed E-state index contributed by atoms with van der Waals surface area (Å²) in [6, 6.07) is 0. The maximum Gasteiger partial charge on any atom is 0.240 e. The van der Waals surface area contributed by atoms with E-state index in [-0.39, 0.29) is 0 Å². The zero-order chi connectivity index (χ0) is 10.2. The smallest absolute Gasteiger partial charge is 0.240 e. The molecular formula is C10H17N3O. The van der Waals surface area contributed by atoms with E-state index in [1.807, 2.05) is 0 Å². The van der Waals surface area contributed by atoms with E-state index in [0.29, 0.717) is 12.4 Å². The van der Waals surface area contributed by atoms with Gasteiger partial charge in [-0.3, -0.25) is 0 Å². The lowest BCUT2D eigenvalue weighted by atomic mass is 10.2. The zero-order valence-corrected chi connectivity index (χ0v) is 8.62. The molecule has 0 aliphatic heterocycles. The Morgan fingerprint density at radius 1 is 1.57 bits per heavy atom. The summed E-state index contributed by atoms with van der Waals surface area (Å²) in [6.45, 7) is 7.13. The molecule has 0 fully saturated rings. The predicted molar refractivity (Wildman–Crippen MR) is 54.8 cm³/mol. The highest BCUT2D eigenvalue weighted by molar-refractivity contribution is 4.86. The molecule has 78 valence electrons. The fraction of sp³-hybridized carbons (Fsp3) is 0.600. The summed E-state index contributed by atoms with van der Waals surface area (Å²) < 4.78 is 5.05. The second-order valence-electron chi connectivity index (χ2n) is 3.13. The normalized spacial score (nSPS) is 10.4. The molecule has 1 rings (SSSR count). The predicted octanol–water partition coefficient (Wildman–Crippen LogP) is 1.69. The summed E-state index contributed by atoms with van der Waals surface area (Å²) in [6.07, 6.45) is 4.97. The molecule has 4 nitrogen and oxygen atoms in total. The van der Waals surface area contributed by atoms with Crippen molar-refractivity contribution in [3.8, 4) is 0 Å². The van der Waals surface area contributed by atoms with Gasteiger partial charge in [0.15, 0.2) is 5.82 Å². The molecule has 0 spiro atoms. The third kappa shape index (κ3) is 3.70. The molecule has 0 radical (unpaired) electrons. The van der Waals surface area contributed by atoms with Crippen LogP contribution in [0, 0.1) is 0 Å². The van der Waals surface area contributed by atoms with Crippen LogP contribution in [0.15, 0.2) is 17.2 Å². The van der Waals surface area contributed by atoms with Gasteiger partial charge in [-0.05, 0) is 6.42 Å². The SMILES string of the molecule is C=CCNCc1nc(CCCC)no1. The Kier molecular flexibility index (Phi) is 4.93. The number of aromatic nitrogens is 2. The van der Waals surface area contributed by atoms with Gasteiger partial charge < -0.3 is 9.84 Å². The highest BCUT2D eigenvalue weighted by Crippen LogP contribution is 2.01. The van der Waals surface area contributed by atoms with E-state index in [2.05, 4.69) is 29.0 Å². The Hall–Kier alpha value is -1.16. The van der Waals surface area contributed by atoms with Crippen LogP contribution < -0.4 is 5.32 Å². The van der Waals surface area contributed by atoms with Gasteiger partial charge >= 0.3 is 0 Å². The Labute approximate surface area is 84.4 Å². The molecule has 1 N–H and O–H groups in total. The summed E-state index contributed by atoms with van der Waals surface area (Å²) in [7, 11) is 0. The van der Waals surface area contributed by atoms with Crippen LogP contribution in [0.25, 0.3) is 0 Å². The summed E-state index contributed by atoms with van der Waals surface area (Å²) in [5, 5.41) is 6.99. The van der Waals surface area contributed by atoms with Gasteiger partial charge in [0.2, 0.25) is 5.89 Å². The van der Waals surface area contributed by atoms with Crippen LogP contribution in [-0.4, -0.2) is 16.7 Å². The van der Waals surface area contributed by atoms with Gasteiger partial charge in [-0.25, -0.2) is 0 Å². The number of rotatable bonds is 7. The molecule has 0 aromatic carbocycles. The standard InChI is InChI=1S/C10H17N3O/c1-3-5-6-9-12-10(14-13-9)8-11-7-4-2/h4,11H,2-3,5-8H2,1H3. The zero-order valence-electron chi connectivity index (χ0n) is 8.62. The quantitative estimate of drug-likeness (QED) is 0.531. The molecule has 0 aliphatic rings. The Morgan fingerprint density at radius 3 is 3.14 bits per heavy atom. The van der Waals surface area contributed by atoms with Gasteiger partial charge in [0.05, 0.1) is 6.54 Å². The van der Waals surface area contributed by atoms with E-state index < -0.39 is 0 Å². The molecule has 1 aromatic rings. The summed E-state index contributed by atoms with van der Waals surface area (Å²) in [5.41, 5.74) is 0. The third-order valence-corrected chi connectivity index (χ3v) is 1.83. The molecule has 0 atom stereocenters. The topological polar surface area (TPSA) is 51.0 Å². The van der Waals surface area contributed by atoms with Crippen LogP contribution in [0.4, 0.5) is 0 Å². The van der Waals surface area contributed by atoms with Gasteiger partial charge in [0, 0.05) is 13.0 Å². The first-order valence-electron chi connectivity index (χ1n) is 5.00. The van der Waals surface area contributed by atoms with Crippen LogP contribution in [0.3, 0.4) is 0 Å². The van der Waals surface area contributed by atoms with Gasteiger partial charge in [-0.1, -0.05) is 24.6 Å². The van der Waals surface area contributed by atoms with Crippen LogP contribution in [0.1, 0.15) is 31.5 Å². The lowest BCUT2D eigenvalue weighted by Crippen LogP contribution is -2.12. The molecule has 0 saturated carbocycles. The minimum absolute atomic E-state index is 0.616. The fourth-order valence-corrected chi connectivity index (χ4v) is 1.08. The summed E-state index contributed by atoms with van der Waals surface area (Å²) >= 11 is 0. The molecule has 0 aliphatic carbocycles. The van der Waals surface area contributed by atoms with Crippen molar-refractivity contribution >= 4 is 0 Å². The van der Waals surface area contributed by atoms with Gasteiger partial charge in [-0.2, -0.15) is 4.98 Å².